The van der Waals surface area contributed by atoms with E-state index >= 15 is 0 Å². The zero-order valence-electron chi connectivity index (χ0n) is 12.5. The summed E-state index contributed by atoms with van der Waals surface area (Å²) in [5, 5.41) is 5.80. The fourth-order valence-corrected chi connectivity index (χ4v) is 1.96. The molecule has 0 saturated carbocycles. The van der Waals surface area contributed by atoms with Gasteiger partial charge in [-0.15, -0.1) is 0 Å². The molecule has 0 saturated heterocycles. The highest BCUT2D eigenvalue weighted by atomic mass is 16.2. The van der Waals surface area contributed by atoms with Gasteiger partial charge in [0.1, 0.15) is 0 Å². The van der Waals surface area contributed by atoms with E-state index in [-0.39, 0.29) is 11.9 Å². The number of hydrogen-bond donors (Lipinski definition) is 2. The summed E-state index contributed by atoms with van der Waals surface area (Å²) in [5.41, 5.74) is 2.01. The maximum Gasteiger partial charge on any atom is 0.241 e. The first-order valence-corrected chi connectivity index (χ1v) is 6.84. The summed E-state index contributed by atoms with van der Waals surface area (Å²) in [6.45, 7) is 9.30. The Morgan fingerprint density at radius 3 is 2.21 bits per heavy atom. The quantitative estimate of drug-likeness (QED) is 0.828. The van der Waals surface area contributed by atoms with Crippen molar-refractivity contribution in [3.63, 3.8) is 0 Å². The topological polar surface area (TPSA) is 44.4 Å². The van der Waals surface area contributed by atoms with Gasteiger partial charge in [0.25, 0.3) is 0 Å². The van der Waals surface area contributed by atoms with Crippen LogP contribution in [0.2, 0.25) is 0 Å². The lowest BCUT2D eigenvalue weighted by Crippen LogP contribution is -2.35. The molecule has 1 amide bonds. The second-order valence-corrected chi connectivity index (χ2v) is 4.93. The number of rotatable bonds is 6. The van der Waals surface area contributed by atoms with Crippen LogP contribution in [0.3, 0.4) is 0 Å². The van der Waals surface area contributed by atoms with Crippen LogP contribution in [0.4, 0.5) is 11.4 Å². The average Bonchev–Trinajstić information content (AvgIpc) is 2.40. The molecule has 0 aliphatic carbocycles. The van der Waals surface area contributed by atoms with Crippen LogP contribution >= 0.6 is 0 Å². The Morgan fingerprint density at radius 1 is 1.21 bits per heavy atom. The van der Waals surface area contributed by atoms with E-state index in [9.17, 15) is 4.79 Å². The SMILES string of the molecule is CCN(c1ccc(NC(=O)C(C)NC)cc1)C(C)C. The molecule has 0 aliphatic heterocycles. The monoisotopic (exact) mass is 263 g/mol. The van der Waals surface area contributed by atoms with E-state index in [4.69, 9.17) is 0 Å². The van der Waals surface area contributed by atoms with Gasteiger partial charge in [-0.1, -0.05) is 0 Å². The molecule has 1 aromatic rings. The van der Waals surface area contributed by atoms with Gasteiger partial charge in [-0.05, 0) is 59.0 Å². The van der Waals surface area contributed by atoms with Crippen LogP contribution in [0.15, 0.2) is 24.3 Å². The highest BCUT2D eigenvalue weighted by Crippen LogP contribution is 2.19. The minimum atomic E-state index is -0.192. The number of nitrogens with one attached hydrogen (secondary N) is 2. The van der Waals surface area contributed by atoms with Crippen LogP contribution in [0.1, 0.15) is 27.7 Å². The Morgan fingerprint density at radius 2 is 1.79 bits per heavy atom. The van der Waals surface area contributed by atoms with Crippen molar-refractivity contribution < 1.29 is 4.79 Å². The van der Waals surface area contributed by atoms with E-state index in [1.807, 2.05) is 31.2 Å². The molecule has 0 radical (unpaired) electrons. The number of amides is 1. The summed E-state index contributed by atoms with van der Waals surface area (Å²) in [6.07, 6.45) is 0. The maximum absolute atomic E-state index is 11.7. The van der Waals surface area contributed by atoms with Crippen LogP contribution in [-0.2, 0) is 4.79 Å². The van der Waals surface area contributed by atoms with Gasteiger partial charge in [-0.2, -0.15) is 0 Å². The molecule has 1 aromatic carbocycles. The highest BCUT2D eigenvalue weighted by Gasteiger charge is 2.11. The molecule has 0 heterocycles. The number of carbonyl (C=O) groups excluding carboxylic acids is 1. The summed E-state index contributed by atoms with van der Waals surface area (Å²) in [7, 11) is 1.77. The molecule has 0 spiro atoms. The van der Waals surface area contributed by atoms with Crippen LogP contribution < -0.4 is 15.5 Å². The molecule has 1 atom stereocenters. The first-order valence-electron chi connectivity index (χ1n) is 6.84. The third-order valence-electron chi connectivity index (χ3n) is 3.26. The third kappa shape index (κ3) is 4.24. The van der Waals surface area contributed by atoms with Crippen LogP contribution in [0, 0.1) is 0 Å². The summed E-state index contributed by atoms with van der Waals surface area (Å²) in [6, 6.07) is 8.25. The van der Waals surface area contributed by atoms with E-state index in [2.05, 4.69) is 36.3 Å². The minimum Gasteiger partial charge on any atom is -0.369 e. The van der Waals surface area contributed by atoms with Crippen LogP contribution in [0.5, 0.6) is 0 Å². The van der Waals surface area contributed by atoms with Crippen molar-refractivity contribution >= 4 is 17.3 Å². The second kappa shape index (κ2) is 7.14. The zero-order valence-corrected chi connectivity index (χ0v) is 12.5. The summed E-state index contributed by atoms with van der Waals surface area (Å²) < 4.78 is 0. The first kappa shape index (κ1) is 15.5. The summed E-state index contributed by atoms with van der Waals surface area (Å²) >= 11 is 0. The van der Waals surface area contributed by atoms with Crippen molar-refractivity contribution in [3.05, 3.63) is 24.3 Å². The number of likely N-dealkylation sites (N-methyl/N-ethyl adjacent to an activating group) is 1. The van der Waals surface area contributed by atoms with Gasteiger partial charge in [0.15, 0.2) is 0 Å². The van der Waals surface area contributed by atoms with Gasteiger partial charge >= 0.3 is 0 Å². The largest absolute Gasteiger partial charge is 0.369 e. The second-order valence-electron chi connectivity index (χ2n) is 4.93. The highest BCUT2D eigenvalue weighted by molar-refractivity contribution is 5.94. The average molecular weight is 263 g/mol. The van der Waals surface area contributed by atoms with E-state index < -0.39 is 0 Å². The Kier molecular flexibility index (Phi) is 5.83. The molecule has 1 rings (SSSR count). The number of carbonyl (C=O) groups is 1. The van der Waals surface area contributed by atoms with E-state index in [1.54, 1.807) is 7.05 Å². The van der Waals surface area contributed by atoms with Crippen molar-refractivity contribution in [1.82, 2.24) is 5.32 Å². The molecule has 1 unspecified atom stereocenters. The molecule has 4 heteroatoms. The van der Waals surface area contributed by atoms with Gasteiger partial charge in [0.05, 0.1) is 6.04 Å². The van der Waals surface area contributed by atoms with Crippen LogP contribution in [-0.4, -0.2) is 31.6 Å². The summed E-state index contributed by atoms with van der Waals surface area (Å²) in [4.78, 5) is 14.1. The maximum atomic E-state index is 11.7. The lowest BCUT2D eigenvalue weighted by atomic mass is 10.2. The van der Waals surface area contributed by atoms with Crippen molar-refractivity contribution in [3.8, 4) is 0 Å². The van der Waals surface area contributed by atoms with E-state index in [0.717, 1.165) is 12.2 Å². The predicted octanol–water partition coefficient (Wildman–Crippen LogP) is 2.47. The zero-order chi connectivity index (χ0) is 14.4. The predicted molar refractivity (Wildman–Crippen MR) is 81.7 cm³/mol. The number of benzene rings is 1. The van der Waals surface area contributed by atoms with Gasteiger partial charge in [-0.25, -0.2) is 0 Å². The van der Waals surface area contributed by atoms with Gasteiger partial charge in [0.2, 0.25) is 5.91 Å². The van der Waals surface area contributed by atoms with Crippen molar-refractivity contribution in [2.75, 3.05) is 23.8 Å². The number of anilines is 2. The minimum absolute atomic E-state index is 0.0218. The normalized spacial score (nSPS) is 12.3. The van der Waals surface area contributed by atoms with Gasteiger partial charge in [0, 0.05) is 24.0 Å². The lowest BCUT2D eigenvalue weighted by molar-refractivity contribution is -0.117. The molecule has 0 aromatic heterocycles. The van der Waals surface area contributed by atoms with E-state index in [0.29, 0.717) is 6.04 Å². The Bertz CT molecular complexity index is 400. The van der Waals surface area contributed by atoms with E-state index in [1.165, 1.54) is 5.69 Å². The van der Waals surface area contributed by atoms with Gasteiger partial charge in [-0.3, -0.25) is 4.79 Å². The van der Waals surface area contributed by atoms with Crippen molar-refractivity contribution in [2.24, 2.45) is 0 Å². The molecule has 0 fully saturated rings. The molecule has 4 nitrogen and oxygen atoms in total. The van der Waals surface area contributed by atoms with Gasteiger partial charge < -0.3 is 15.5 Å². The molecular formula is C15H25N3O. The third-order valence-corrected chi connectivity index (χ3v) is 3.26. The number of nitrogens with zero attached hydrogens (tertiary/aromatic N) is 1. The summed E-state index contributed by atoms with van der Waals surface area (Å²) in [5.74, 6) is -0.0218. The molecule has 2 N–H and O–H groups in total. The number of hydrogen-bond acceptors (Lipinski definition) is 3. The molecule has 19 heavy (non-hydrogen) atoms. The smallest absolute Gasteiger partial charge is 0.241 e. The first-order chi connectivity index (χ1) is 8.99. The van der Waals surface area contributed by atoms with Crippen molar-refractivity contribution in [1.29, 1.82) is 0 Å². The Labute approximate surface area is 116 Å². The standard InChI is InChI=1S/C15H25N3O/c1-6-18(11(2)3)14-9-7-13(8-10-14)17-15(19)12(4)16-5/h7-12,16H,6H2,1-5H3,(H,17,19). The lowest BCUT2D eigenvalue weighted by Gasteiger charge is -2.27. The van der Waals surface area contributed by atoms with Crippen LogP contribution in [0.25, 0.3) is 0 Å². The molecular weight excluding hydrogens is 238 g/mol. The van der Waals surface area contributed by atoms with Crippen molar-refractivity contribution in [2.45, 2.75) is 39.8 Å². The molecule has 0 aliphatic rings. The fraction of sp³-hybridized carbons (Fsp3) is 0.533. The Balaban J connectivity index is 2.74. The molecule has 0 bridgehead atoms. The Hall–Kier alpha value is -1.55. The fourth-order valence-electron chi connectivity index (χ4n) is 1.96. The molecule has 106 valence electrons.